The first kappa shape index (κ1) is 15.7. The third kappa shape index (κ3) is 2.46. The molecule has 4 fully saturated rings. The number of hydrogen-bond donors (Lipinski definition) is 0. The van der Waals surface area contributed by atoms with E-state index >= 15 is 0 Å². The van der Waals surface area contributed by atoms with Crippen LogP contribution in [0.25, 0.3) is 0 Å². The van der Waals surface area contributed by atoms with E-state index in [9.17, 15) is 4.79 Å². The van der Waals surface area contributed by atoms with Crippen LogP contribution in [0.2, 0.25) is 0 Å². The fourth-order valence-electron chi connectivity index (χ4n) is 5.76. The Labute approximate surface area is 146 Å². The summed E-state index contributed by atoms with van der Waals surface area (Å²) in [7, 11) is 2.04. The van der Waals surface area contributed by atoms with E-state index in [1.54, 1.807) is 4.68 Å². The van der Waals surface area contributed by atoms with Crippen molar-refractivity contribution >= 4 is 21.8 Å². The Hall–Kier alpha value is -0.840. The van der Waals surface area contributed by atoms with Gasteiger partial charge in [0, 0.05) is 18.8 Å². The molecule has 4 bridgehead atoms. The van der Waals surface area contributed by atoms with E-state index in [2.05, 4.69) is 25.9 Å². The summed E-state index contributed by atoms with van der Waals surface area (Å²) in [5, 5.41) is 4.48. The van der Waals surface area contributed by atoms with Crippen LogP contribution in [0, 0.1) is 24.7 Å². The lowest BCUT2D eigenvalue weighted by Gasteiger charge is -2.60. The molecule has 0 N–H and O–H groups in total. The van der Waals surface area contributed by atoms with Crippen molar-refractivity contribution < 1.29 is 4.79 Å². The number of carbonyl (C=O) groups is 1. The van der Waals surface area contributed by atoms with Gasteiger partial charge in [-0.15, -0.1) is 0 Å². The Bertz CT molecular complexity index is 583. The maximum atomic E-state index is 13.1. The second-order valence-electron chi connectivity index (χ2n) is 8.26. The summed E-state index contributed by atoms with van der Waals surface area (Å²) in [6, 6.07) is -0.238. The molecule has 0 radical (unpaired) electrons. The topological polar surface area (TPSA) is 38.1 Å². The molecule has 4 aliphatic carbocycles. The number of aryl methyl sites for hydroxylation is 1. The Morgan fingerprint density at radius 2 is 1.83 bits per heavy atom. The van der Waals surface area contributed by atoms with Crippen LogP contribution < -0.4 is 0 Å². The summed E-state index contributed by atoms with van der Waals surface area (Å²) in [4.78, 5) is 15.2. The van der Waals surface area contributed by atoms with Crippen LogP contribution in [0.1, 0.15) is 57.2 Å². The highest BCUT2D eigenvalue weighted by Crippen LogP contribution is 2.57. The summed E-state index contributed by atoms with van der Waals surface area (Å²) < 4.78 is 2.77. The SMILES string of the molecule is Cc1nn([C@@H](C)C(=O)N(C)C23CC4CC(CC(C4)C2)C3)cc1Br. The van der Waals surface area contributed by atoms with E-state index < -0.39 is 0 Å². The Balaban J connectivity index is 1.56. The predicted molar refractivity (Wildman–Crippen MR) is 93.0 cm³/mol. The van der Waals surface area contributed by atoms with Crippen LogP contribution in [0.4, 0.5) is 0 Å². The summed E-state index contributed by atoms with van der Waals surface area (Å²) in [6.07, 6.45) is 9.79. The van der Waals surface area contributed by atoms with Gasteiger partial charge in [0.15, 0.2) is 0 Å². The highest BCUT2D eigenvalue weighted by Gasteiger charge is 2.54. The van der Waals surface area contributed by atoms with Crippen molar-refractivity contribution in [3.63, 3.8) is 0 Å². The lowest BCUT2D eigenvalue weighted by atomic mass is 9.52. The zero-order valence-corrected chi connectivity index (χ0v) is 15.8. The molecule has 0 saturated heterocycles. The molecule has 0 spiro atoms. The zero-order valence-electron chi connectivity index (χ0n) is 14.3. The van der Waals surface area contributed by atoms with Gasteiger partial charge >= 0.3 is 0 Å². The van der Waals surface area contributed by atoms with Crippen LogP contribution in [-0.4, -0.2) is 33.2 Å². The van der Waals surface area contributed by atoms with Gasteiger partial charge in [0.1, 0.15) is 6.04 Å². The van der Waals surface area contributed by atoms with Crippen molar-refractivity contribution in [2.75, 3.05) is 7.05 Å². The molecule has 4 saturated carbocycles. The monoisotopic (exact) mass is 379 g/mol. The molecule has 0 unspecified atom stereocenters. The molecule has 0 aliphatic heterocycles. The van der Waals surface area contributed by atoms with Crippen LogP contribution in [0.15, 0.2) is 10.7 Å². The molecule has 0 aromatic carbocycles. The number of aromatic nitrogens is 2. The molecule has 5 rings (SSSR count). The fourth-order valence-corrected chi connectivity index (χ4v) is 6.05. The largest absolute Gasteiger partial charge is 0.338 e. The molecule has 1 amide bonds. The van der Waals surface area contributed by atoms with Crippen LogP contribution in [0.3, 0.4) is 0 Å². The second kappa shape index (κ2) is 5.33. The third-order valence-electron chi connectivity index (χ3n) is 6.66. The third-order valence-corrected chi connectivity index (χ3v) is 7.44. The van der Waals surface area contributed by atoms with Crippen LogP contribution >= 0.6 is 15.9 Å². The van der Waals surface area contributed by atoms with Crippen molar-refractivity contribution in [1.82, 2.24) is 14.7 Å². The minimum absolute atomic E-state index is 0.125. The average molecular weight is 380 g/mol. The molecule has 4 nitrogen and oxygen atoms in total. The van der Waals surface area contributed by atoms with Gasteiger partial charge in [0.05, 0.1) is 10.2 Å². The van der Waals surface area contributed by atoms with Gasteiger partial charge in [0.2, 0.25) is 5.91 Å². The molecule has 4 aliphatic rings. The molecular formula is C18H26BrN3O. The number of nitrogens with zero attached hydrogens (tertiary/aromatic N) is 3. The highest BCUT2D eigenvalue weighted by atomic mass is 79.9. The van der Waals surface area contributed by atoms with E-state index in [-0.39, 0.29) is 17.5 Å². The number of carbonyl (C=O) groups excluding carboxylic acids is 1. The second-order valence-corrected chi connectivity index (χ2v) is 9.11. The van der Waals surface area contributed by atoms with Gasteiger partial charge < -0.3 is 4.90 Å². The summed E-state index contributed by atoms with van der Waals surface area (Å²) in [5.74, 6) is 2.77. The molecule has 23 heavy (non-hydrogen) atoms. The molecule has 5 heteroatoms. The summed E-state index contributed by atoms with van der Waals surface area (Å²) in [5.41, 5.74) is 1.06. The minimum atomic E-state index is -0.238. The van der Waals surface area contributed by atoms with Crippen molar-refractivity contribution in [1.29, 1.82) is 0 Å². The van der Waals surface area contributed by atoms with E-state index in [0.717, 1.165) is 27.9 Å². The van der Waals surface area contributed by atoms with Gasteiger partial charge in [-0.25, -0.2) is 0 Å². The van der Waals surface area contributed by atoms with Gasteiger partial charge in [-0.3, -0.25) is 9.48 Å². The summed E-state index contributed by atoms with van der Waals surface area (Å²) >= 11 is 3.49. The lowest BCUT2D eigenvalue weighted by molar-refractivity contribution is -0.150. The number of rotatable bonds is 3. The molecule has 1 atom stereocenters. The first-order valence-corrected chi connectivity index (χ1v) is 9.66. The molecular weight excluding hydrogens is 354 g/mol. The molecule has 1 aromatic rings. The first-order chi connectivity index (χ1) is 10.9. The van der Waals surface area contributed by atoms with E-state index in [4.69, 9.17) is 0 Å². The predicted octanol–water partition coefficient (Wildman–Crippen LogP) is 3.94. The smallest absolute Gasteiger partial charge is 0.247 e. The van der Waals surface area contributed by atoms with Crippen molar-refractivity contribution in [2.45, 2.75) is 64.0 Å². The maximum Gasteiger partial charge on any atom is 0.247 e. The minimum Gasteiger partial charge on any atom is -0.338 e. The number of halogens is 1. The van der Waals surface area contributed by atoms with Crippen molar-refractivity contribution in [3.8, 4) is 0 Å². The standard InChI is InChI=1S/C18H26BrN3O/c1-11-16(19)10-22(20-11)12(2)17(23)21(3)18-7-13-4-14(8-18)6-15(5-13)9-18/h10,12-15H,4-9H2,1-3H3/t12-,13?,14?,15?,18?/m0/s1. The first-order valence-electron chi connectivity index (χ1n) is 8.87. The molecule has 126 valence electrons. The maximum absolute atomic E-state index is 13.1. The van der Waals surface area contributed by atoms with Crippen LogP contribution in [0.5, 0.6) is 0 Å². The normalized spacial score (nSPS) is 36.3. The molecule has 1 heterocycles. The van der Waals surface area contributed by atoms with Gasteiger partial charge in [-0.05, 0) is 86.1 Å². The lowest BCUT2D eigenvalue weighted by Crippen LogP contribution is -2.61. The van der Waals surface area contributed by atoms with Crippen LogP contribution in [-0.2, 0) is 4.79 Å². The summed E-state index contributed by atoms with van der Waals surface area (Å²) in [6.45, 7) is 3.93. The number of likely N-dealkylation sites (N-methyl/N-ethyl adjacent to an activating group) is 1. The Morgan fingerprint density at radius 3 is 2.26 bits per heavy atom. The zero-order chi connectivity index (χ0) is 16.4. The number of amides is 1. The van der Waals surface area contributed by atoms with Crippen molar-refractivity contribution in [3.05, 3.63) is 16.4 Å². The number of hydrogen-bond acceptors (Lipinski definition) is 2. The quantitative estimate of drug-likeness (QED) is 0.797. The van der Waals surface area contributed by atoms with Crippen molar-refractivity contribution in [2.24, 2.45) is 17.8 Å². The van der Waals surface area contributed by atoms with E-state index in [1.165, 1.54) is 38.5 Å². The average Bonchev–Trinajstić information content (AvgIpc) is 2.83. The molecule has 1 aromatic heterocycles. The Kier molecular flexibility index (Phi) is 3.63. The fraction of sp³-hybridized carbons (Fsp3) is 0.778. The van der Waals surface area contributed by atoms with Gasteiger partial charge in [-0.1, -0.05) is 0 Å². The van der Waals surface area contributed by atoms with E-state index in [0.29, 0.717) is 0 Å². The Morgan fingerprint density at radius 1 is 1.30 bits per heavy atom. The van der Waals surface area contributed by atoms with Gasteiger partial charge in [-0.2, -0.15) is 5.10 Å². The highest BCUT2D eigenvalue weighted by molar-refractivity contribution is 9.10. The van der Waals surface area contributed by atoms with Gasteiger partial charge in [0.25, 0.3) is 0 Å². The van der Waals surface area contributed by atoms with E-state index in [1.807, 2.05) is 27.1 Å².